The molecule has 1 rings (SSSR count). The zero-order chi connectivity index (χ0) is 11.6. The normalized spacial score (nSPS) is 12.2. The van der Waals surface area contributed by atoms with E-state index in [-0.39, 0.29) is 0 Å². The Bertz CT molecular complexity index is 330. The highest BCUT2D eigenvalue weighted by Crippen LogP contribution is 2.18. The van der Waals surface area contributed by atoms with E-state index in [1.165, 1.54) is 11.1 Å². The number of unbranched alkanes of at least 4 members (excludes halogenated alkanes) is 1. The fraction of sp³-hybridized carbons (Fsp3) is 0.375. The van der Waals surface area contributed by atoms with Crippen LogP contribution in [0.25, 0.3) is 5.57 Å². The van der Waals surface area contributed by atoms with Gasteiger partial charge in [0.25, 0.3) is 0 Å². The van der Waals surface area contributed by atoms with Crippen LogP contribution in [0.2, 0.25) is 0 Å². The molecule has 0 bridgehead atoms. The van der Waals surface area contributed by atoms with Gasteiger partial charge in [0.1, 0.15) is 0 Å². The summed E-state index contributed by atoms with van der Waals surface area (Å²) in [5.41, 5.74) is 2.83. The van der Waals surface area contributed by atoms with E-state index in [1.54, 1.807) is 0 Å². The van der Waals surface area contributed by atoms with Crippen molar-refractivity contribution in [3.05, 3.63) is 54.1 Å². The summed E-state index contributed by atoms with van der Waals surface area (Å²) in [6.45, 7) is 4.40. The van der Waals surface area contributed by atoms with Crippen LogP contribution in [0.3, 0.4) is 0 Å². The summed E-state index contributed by atoms with van der Waals surface area (Å²) < 4.78 is 0. The van der Waals surface area contributed by atoms with Crippen molar-refractivity contribution in [2.24, 2.45) is 0 Å². The highest BCUT2D eigenvalue weighted by Gasteiger charge is 1.96. The monoisotopic (exact) mass is 214 g/mol. The second kappa shape index (κ2) is 7.92. The smallest absolute Gasteiger partial charge is 0.0228 e. The van der Waals surface area contributed by atoms with Gasteiger partial charge < -0.3 is 0 Å². The molecule has 1 aromatic carbocycles. The maximum atomic E-state index is 2.37. The summed E-state index contributed by atoms with van der Waals surface area (Å²) in [7, 11) is 0. The summed E-state index contributed by atoms with van der Waals surface area (Å²) in [5.74, 6) is 0. The number of allylic oxidation sites excluding steroid dienone is 4. The lowest BCUT2D eigenvalue weighted by Gasteiger charge is -2.04. The Morgan fingerprint density at radius 3 is 2.38 bits per heavy atom. The van der Waals surface area contributed by atoms with Gasteiger partial charge in [-0.05, 0) is 36.8 Å². The summed E-state index contributed by atoms with van der Waals surface area (Å²) in [4.78, 5) is 0. The van der Waals surface area contributed by atoms with Crippen LogP contribution in [0.15, 0.2) is 48.6 Å². The third kappa shape index (κ3) is 4.48. The van der Waals surface area contributed by atoms with Crippen LogP contribution in [0.1, 0.15) is 45.1 Å². The zero-order valence-electron chi connectivity index (χ0n) is 10.4. The number of benzene rings is 1. The topological polar surface area (TPSA) is 0 Å². The van der Waals surface area contributed by atoms with Crippen LogP contribution in [-0.4, -0.2) is 0 Å². The maximum absolute atomic E-state index is 2.37. The fourth-order valence-electron chi connectivity index (χ4n) is 1.76. The lowest BCUT2D eigenvalue weighted by Crippen LogP contribution is -1.82. The Morgan fingerprint density at radius 1 is 1.00 bits per heavy atom. The first-order valence-corrected chi connectivity index (χ1v) is 6.28. The first kappa shape index (κ1) is 12.8. The van der Waals surface area contributed by atoms with E-state index in [9.17, 15) is 0 Å². The van der Waals surface area contributed by atoms with Gasteiger partial charge in [-0.25, -0.2) is 0 Å². The molecule has 0 radical (unpaired) electrons. The van der Waals surface area contributed by atoms with Gasteiger partial charge in [-0.15, -0.1) is 0 Å². The molecule has 0 heteroatoms. The zero-order valence-corrected chi connectivity index (χ0v) is 10.4. The van der Waals surface area contributed by atoms with E-state index >= 15 is 0 Å². The molecule has 0 nitrogen and oxygen atoms in total. The van der Waals surface area contributed by atoms with Crippen molar-refractivity contribution in [2.75, 3.05) is 0 Å². The highest BCUT2D eigenvalue weighted by atomic mass is 14.0. The van der Waals surface area contributed by atoms with Gasteiger partial charge in [0, 0.05) is 0 Å². The summed E-state index contributed by atoms with van der Waals surface area (Å²) in [6.07, 6.45) is 11.4. The van der Waals surface area contributed by atoms with E-state index in [2.05, 4.69) is 62.4 Å². The standard InChI is InChI=1S/C16H22/c1-3-5-6-7-9-12-15(4-2)16-13-10-8-11-14-16/h5-6,8,10-14H,3-4,7,9H2,1-2H3/b6-5-,15-12+. The number of rotatable bonds is 6. The van der Waals surface area contributed by atoms with Gasteiger partial charge in [0.05, 0.1) is 0 Å². The molecule has 1 aromatic rings. The summed E-state index contributed by atoms with van der Waals surface area (Å²) in [6, 6.07) is 10.7. The van der Waals surface area contributed by atoms with Crippen LogP contribution in [0.5, 0.6) is 0 Å². The van der Waals surface area contributed by atoms with Crippen LogP contribution >= 0.6 is 0 Å². The van der Waals surface area contributed by atoms with Gasteiger partial charge in [0.2, 0.25) is 0 Å². The molecule has 0 N–H and O–H groups in total. The van der Waals surface area contributed by atoms with Crippen molar-refractivity contribution in [1.82, 2.24) is 0 Å². The molecule has 0 saturated carbocycles. The lowest BCUT2D eigenvalue weighted by atomic mass is 10.0. The van der Waals surface area contributed by atoms with E-state index in [1.807, 2.05) is 0 Å². The second-order valence-corrected chi connectivity index (χ2v) is 3.91. The first-order valence-electron chi connectivity index (χ1n) is 6.28. The molecule has 0 aliphatic heterocycles. The van der Waals surface area contributed by atoms with Gasteiger partial charge >= 0.3 is 0 Å². The largest absolute Gasteiger partial charge is 0.0888 e. The van der Waals surface area contributed by atoms with E-state index < -0.39 is 0 Å². The van der Waals surface area contributed by atoms with E-state index in [0.717, 1.165) is 25.7 Å². The molecule has 0 aromatic heterocycles. The molecule has 0 aliphatic carbocycles. The average Bonchev–Trinajstić information content (AvgIpc) is 2.35. The van der Waals surface area contributed by atoms with E-state index in [4.69, 9.17) is 0 Å². The first-order chi connectivity index (χ1) is 7.88. The number of hydrogen-bond acceptors (Lipinski definition) is 0. The highest BCUT2D eigenvalue weighted by molar-refractivity contribution is 5.65. The van der Waals surface area contributed by atoms with Crippen LogP contribution in [0.4, 0.5) is 0 Å². The quantitative estimate of drug-likeness (QED) is 0.449. The van der Waals surface area contributed by atoms with Crippen molar-refractivity contribution in [3.63, 3.8) is 0 Å². The minimum atomic E-state index is 1.11. The molecule has 0 fully saturated rings. The molecule has 0 atom stereocenters. The predicted octanol–water partition coefficient (Wildman–Crippen LogP) is 5.23. The molecule has 0 unspecified atom stereocenters. The molecular weight excluding hydrogens is 192 g/mol. The maximum Gasteiger partial charge on any atom is -0.0228 e. The van der Waals surface area contributed by atoms with Crippen LogP contribution < -0.4 is 0 Å². The molecule has 16 heavy (non-hydrogen) atoms. The minimum absolute atomic E-state index is 1.11. The Hall–Kier alpha value is -1.30. The Labute approximate surface area is 99.7 Å². The van der Waals surface area contributed by atoms with Crippen molar-refractivity contribution >= 4 is 5.57 Å². The third-order valence-corrected chi connectivity index (χ3v) is 2.65. The minimum Gasteiger partial charge on any atom is -0.0888 e. The summed E-state index contributed by atoms with van der Waals surface area (Å²) >= 11 is 0. The molecule has 0 aliphatic rings. The predicted molar refractivity (Wildman–Crippen MR) is 73.4 cm³/mol. The molecule has 0 spiro atoms. The Morgan fingerprint density at radius 2 is 1.75 bits per heavy atom. The second-order valence-electron chi connectivity index (χ2n) is 3.91. The third-order valence-electron chi connectivity index (χ3n) is 2.65. The SMILES string of the molecule is CC/C=C\CC/C=C(\CC)c1ccccc1. The molecule has 0 heterocycles. The number of hydrogen-bond donors (Lipinski definition) is 0. The van der Waals surface area contributed by atoms with Gasteiger partial charge in [-0.2, -0.15) is 0 Å². The van der Waals surface area contributed by atoms with Crippen molar-refractivity contribution in [1.29, 1.82) is 0 Å². The lowest BCUT2D eigenvalue weighted by molar-refractivity contribution is 1.03. The molecule has 0 amide bonds. The van der Waals surface area contributed by atoms with Gasteiger partial charge in [0.15, 0.2) is 0 Å². The Balaban J connectivity index is 2.54. The average molecular weight is 214 g/mol. The van der Waals surface area contributed by atoms with Crippen molar-refractivity contribution in [2.45, 2.75) is 39.5 Å². The van der Waals surface area contributed by atoms with Crippen LogP contribution in [-0.2, 0) is 0 Å². The molecular formula is C16H22. The van der Waals surface area contributed by atoms with Crippen LogP contribution in [0, 0.1) is 0 Å². The van der Waals surface area contributed by atoms with E-state index in [0.29, 0.717) is 0 Å². The molecule has 0 saturated heterocycles. The summed E-state index contributed by atoms with van der Waals surface area (Å²) in [5, 5.41) is 0. The Kier molecular flexibility index (Phi) is 6.32. The van der Waals surface area contributed by atoms with Crippen molar-refractivity contribution in [3.8, 4) is 0 Å². The van der Waals surface area contributed by atoms with Gasteiger partial charge in [-0.3, -0.25) is 0 Å². The fourth-order valence-corrected chi connectivity index (χ4v) is 1.76. The molecule has 86 valence electrons. The van der Waals surface area contributed by atoms with Gasteiger partial charge in [-0.1, -0.05) is 62.4 Å². The van der Waals surface area contributed by atoms with Crippen molar-refractivity contribution < 1.29 is 0 Å².